The highest BCUT2D eigenvalue weighted by Crippen LogP contribution is 2.21. The monoisotopic (exact) mass is 276 g/mol. The molecule has 1 aliphatic heterocycles. The van der Waals surface area contributed by atoms with Gasteiger partial charge in [-0.1, -0.05) is 12.1 Å². The molecule has 0 bridgehead atoms. The summed E-state index contributed by atoms with van der Waals surface area (Å²) < 4.78 is 5.25. The highest BCUT2D eigenvalue weighted by Gasteiger charge is 2.23. The van der Waals surface area contributed by atoms with Crippen LogP contribution in [0.4, 0.5) is 5.69 Å². The lowest BCUT2D eigenvalue weighted by molar-refractivity contribution is -0.122. The second-order valence-corrected chi connectivity index (χ2v) is 5.12. The number of hydrogen-bond donors (Lipinski definition) is 1. The van der Waals surface area contributed by atoms with Crippen LogP contribution in [0.1, 0.15) is 23.2 Å². The minimum Gasteiger partial charge on any atom is -0.381 e. The molecule has 0 radical (unpaired) electrons. The summed E-state index contributed by atoms with van der Waals surface area (Å²) in [6, 6.07) is 7.09. The number of nitrogens with one attached hydrogen (secondary N) is 1. The Balaban J connectivity index is 2.12. The van der Waals surface area contributed by atoms with E-state index in [1.54, 1.807) is 32.3 Å². The number of benzene rings is 1. The van der Waals surface area contributed by atoms with Gasteiger partial charge >= 0.3 is 0 Å². The molecule has 0 saturated carbocycles. The van der Waals surface area contributed by atoms with Gasteiger partial charge in [-0.15, -0.1) is 0 Å². The van der Waals surface area contributed by atoms with Crippen molar-refractivity contribution in [1.82, 2.24) is 4.90 Å². The van der Waals surface area contributed by atoms with Crippen molar-refractivity contribution in [3.8, 4) is 0 Å². The Hall–Kier alpha value is -1.88. The van der Waals surface area contributed by atoms with Gasteiger partial charge in [-0.2, -0.15) is 0 Å². The molecule has 0 unspecified atom stereocenters. The average Bonchev–Trinajstić information content (AvgIpc) is 2.48. The molecule has 1 saturated heterocycles. The molecule has 5 heteroatoms. The first-order valence-corrected chi connectivity index (χ1v) is 6.79. The molecule has 0 aromatic heterocycles. The van der Waals surface area contributed by atoms with Gasteiger partial charge in [0.15, 0.2) is 0 Å². The van der Waals surface area contributed by atoms with Crippen molar-refractivity contribution < 1.29 is 14.3 Å². The smallest absolute Gasteiger partial charge is 0.255 e. The maximum absolute atomic E-state index is 12.2. The average molecular weight is 276 g/mol. The van der Waals surface area contributed by atoms with Crippen LogP contribution in [0.3, 0.4) is 0 Å². The Bertz CT molecular complexity index is 494. The Kier molecular flexibility index (Phi) is 4.74. The third-order valence-electron chi connectivity index (χ3n) is 3.41. The molecule has 20 heavy (non-hydrogen) atoms. The van der Waals surface area contributed by atoms with Crippen molar-refractivity contribution in [2.24, 2.45) is 5.92 Å². The van der Waals surface area contributed by atoms with E-state index in [2.05, 4.69) is 5.32 Å². The van der Waals surface area contributed by atoms with E-state index in [0.29, 0.717) is 24.5 Å². The van der Waals surface area contributed by atoms with Crippen molar-refractivity contribution >= 4 is 17.5 Å². The number of hydrogen-bond acceptors (Lipinski definition) is 3. The van der Waals surface area contributed by atoms with Crippen LogP contribution >= 0.6 is 0 Å². The predicted octanol–water partition coefficient (Wildman–Crippen LogP) is 1.75. The molecule has 2 amide bonds. The topological polar surface area (TPSA) is 58.6 Å². The van der Waals surface area contributed by atoms with Crippen molar-refractivity contribution in [3.05, 3.63) is 29.8 Å². The van der Waals surface area contributed by atoms with Crippen molar-refractivity contribution in [3.63, 3.8) is 0 Å². The van der Waals surface area contributed by atoms with Gasteiger partial charge in [0, 0.05) is 33.2 Å². The third kappa shape index (κ3) is 3.36. The maximum atomic E-state index is 12.2. The molecule has 1 aromatic carbocycles. The third-order valence-corrected chi connectivity index (χ3v) is 3.41. The zero-order chi connectivity index (χ0) is 14.5. The normalized spacial score (nSPS) is 15.7. The molecule has 1 aliphatic rings. The van der Waals surface area contributed by atoms with Gasteiger partial charge < -0.3 is 15.0 Å². The van der Waals surface area contributed by atoms with Crippen LogP contribution < -0.4 is 5.32 Å². The van der Waals surface area contributed by atoms with Gasteiger partial charge in [-0.3, -0.25) is 9.59 Å². The summed E-state index contributed by atoms with van der Waals surface area (Å²) in [5.41, 5.74) is 1.08. The number of anilines is 1. The van der Waals surface area contributed by atoms with Crippen LogP contribution in [-0.4, -0.2) is 44.0 Å². The summed E-state index contributed by atoms with van der Waals surface area (Å²) in [6.07, 6.45) is 1.46. The Morgan fingerprint density at radius 1 is 1.20 bits per heavy atom. The molecule has 2 rings (SSSR count). The van der Waals surface area contributed by atoms with E-state index in [4.69, 9.17) is 4.74 Å². The van der Waals surface area contributed by atoms with Gasteiger partial charge in [0.25, 0.3) is 5.91 Å². The minimum atomic E-state index is -0.118. The summed E-state index contributed by atoms with van der Waals surface area (Å²) in [5, 5.41) is 2.87. The van der Waals surface area contributed by atoms with Crippen LogP contribution in [0.2, 0.25) is 0 Å². The second kappa shape index (κ2) is 6.52. The fraction of sp³-hybridized carbons (Fsp3) is 0.467. The van der Waals surface area contributed by atoms with E-state index < -0.39 is 0 Å². The SMILES string of the molecule is CN(C)C(=O)c1ccccc1NC(=O)C1CCOCC1. The van der Waals surface area contributed by atoms with Crippen LogP contribution in [0.15, 0.2) is 24.3 Å². The van der Waals surface area contributed by atoms with Crippen LogP contribution in [0.5, 0.6) is 0 Å². The largest absolute Gasteiger partial charge is 0.381 e. The number of amides is 2. The standard InChI is InChI=1S/C15H20N2O3/c1-17(2)15(19)12-5-3-4-6-13(12)16-14(18)11-7-9-20-10-8-11/h3-6,11H,7-10H2,1-2H3,(H,16,18). The molecule has 1 fully saturated rings. The van der Waals surface area contributed by atoms with Gasteiger partial charge in [-0.05, 0) is 25.0 Å². The van der Waals surface area contributed by atoms with E-state index in [0.717, 1.165) is 12.8 Å². The van der Waals surface area contributed by atoms with Crippen molar-refractivity contribution in [2.45, 2.75) is 12.8 Å². The van der Waals surface area contributed by atoms with E-state index in [9.17, 15) is 9.59 Å². The number of nitrogens with zero attached hydrogens (tertiary/aromatic N) is 1. The summed E-state index contributed by atoms with van der Waals surface area (Å²) in [6.45, 7) is 1.24. The molecule has 0 spiro atoms. The van der Waals surface area contributed by atoms with Gasteiger partial charge in [0.05, 0.1) is 11.3 Å². The number of ether oxygens (including phenoxy) is 1. The summed E-state index contributed by atoms with van der Waals surface area (Å²) in [5.74, 6) is -0.188. The van der Waals surface area contributed by atoms with Crippen molar-refractivity contribution in [1.29, 1.82) is 0 Å². The van der Waals surface area contributed by atoms with Gasteiger partial charge in [0.1, 0.15) is 0 Å². The lowest BCUT2D eigenvalue weighted by Crippen LogP contribution is -2.30. The second-order valence-electron chi connectivity index (χ2n) is 5.12. The number of rotatable bonds is 3. The molecule has 0 atom stereocenters. The zero-order valence-electron chi connectivity index (χ0n) is 11.9. The summed E-state index contributed by atoms with van der Waals surface area (Å²) in [4.78, 5) is 25.8. The molecule has 1 aromatic rings. The van der Waals surface area contributed by atoms with E-state index in [1.165, 1.54) is 4.90 Å². The first-order valence-electron chi connectivity index (χ1n) is 6.79. The predicted molar refractivity (Wildman–Crippen MR) is 76.6 cm³/mol. The van der Waals surface area contributed by atoms with E-state index >= 15 is 0 Å². The molecule has 1 heterocycles. The first kappa shape index (κ1) is 14.5. The molecule has 1 N–H and O–H groups in total. The zero-order valence-corrected chi connectivity index (χ0v) is 11.9. The fourth-order valence-corrected chi connectivity index (χ4v) is 2.21. The Labute approximate surface area is 118 Å². The quantitative estimate of drug-likeness (QED) is 0.915. The molecular weight excluding hydrogens is 256 g/mol. The number of carbonyl (C=O) groups is 2. The lowest BCUT2D eigenvalue weighted by atomic mass is 9.99. The number of carbonyl (C=O) groups excluding carboxylic acids is 2. The molecule has 108 valence electrons. The molecule has 5 nitrogen and oxygen atoms in total. The highest BCUT2D eigenvalue weighted by molar-refractivity contribution is 6.04. The Morgan fingerprint density at radius 2 is 1.85 bits per heavy atom. The summed E-state index contributed by atoms with van der Waals surface area (Å²) in [7, 11) is 3.39. The lowest BCUT2D eigenvalue weighted by Gasteiger charge is -2.22. The van der Waals surface area contributed by atoms with E-state index in [-0.39, 0.29) is 17.7 Å². The highest BCUT2D eigenvalue weighted by atomic mass is 16.5. The number of para-hydroxylation sites is 1. The van der Waals surface area contributed by atoms with Crippen LogP contribution in [0.25, 0.3) is 0 Å². The van der Waals surface area contributed by atoms with Crippen LogP contribution in [0, 0.1) is 5.92 Å². The van der Waals surface area contributed by atoms with Crippen molar-refractivity contribution in [2.75, 3.05) is 32.6 Å². The first-order chi connectivity index (χ1) is 9.59. The molecule has 0 aliphatic carbocycles. The van der Waals surface area contributed by atoms with Gasteiger partial charge in [-0.25, -0.2) is 0 Å². The van der Waals surface area contributed by atoms with E-state index in [1.807, 2.05) is 6.07 Å². The Morgan fingerprint density at radius 3 is 2.50 bits per heavy atom. The fourth-order valence-electron chi connectivity index (χ4n) is 2.21. The molecular formula is C15H20N2O3. The van der Waals surface area contributed by atoms with Gasteiger partial charge in [0.2, 0.25) is 5.91 Å². The minimum absolute atomic E-state index is 0.0349. The summed E-state index contributed by atoms with van der Waals surface area (Å²) >= 11 is 0. The maximum Gasteiger partial charge on any atom is 0.255 e. The van der Waals surface area contributed by atoms with Crippen LogP contribution in [-0.2, 0) is 9.53 Å².